The van der Waals surface area contributed by atoms with Crippen molar-refractivity contribution < 1.29 is 4.79 Å². The van der Waals surface area contributed by atoms with Gasteiger partial charge in [0.15, 0.2) is 5.78 Å². The van der Waals surface area contributed by atoms with Crippen LogP contribution in [0.5, 0.6) is 0 Å². The van der Waals surface area contributed by atoms with Crippen LogP contribution < -0.4 is 0 Å². The zero-order valence-corrected chi connectivity index (χ0v) is 8.15. The molecule has 1 fully saturated rings. The van der Waals surface area contributed by atoms with Crippen LogP contribution in [-0.2, 0) is 0 Å². The smallest absolute Gasteiger partial charge is 0.166 e. The van der Waals surface area contributed by atoms with Crippen molar-refractivity contribution >= 4 is 5.78 Å². The summed E-state index contributed by atoms with van der Waals surface area (Å²) in [7, 11) is 0. The zero-order valence-electron chi connectivity index (χ0n) is 8.15. The molecule has 0 saturated heterocycles. The maximum Gasteiger partial charge on any atom is 0.166 e. The van der Waals surface area contributed by atoms with Gasteiger partial charge in [-0.25, -0.2) is 0 Å². The summed E-state index contributed by atoms with van der Waals surface area (Å²) in [6, 6.07) is 9.55. The second-order valence-electron chi connectivity index (χ2n) is 3.86. The van der Waals surface area contributed by atoms with E-state index < -0.39 is 0 Å². The lowest BCUT2D eigenvalue weighted by Crippen LogP contribution is -2.02. The van der Waals surface area contributed by atoms with E-state index in [1.54, 1.807) is 0 Å². The molecular formula is C13H14O. The lowest BCUT2D eigenvalue weighted by Gasteiger charge is -1.98. The molecule has 0 N–H and O–H groups in total. The molecule has 14 heavy (non-hydrogen) atoms. The minimum Gasteiger partial charge on any atom is -0.294 e. The number of hydrogen-bond acceptors (Lipinski definition) is 1. The number of rotatable bonds is 4. The van der Waals surface area contributed by atoms with E-state index in [4.69, 9.17) is 0 Å². The second-order valence-corrected chi connectivity index (χ2v) is 3.86. The van der Waals surface area contributed by atoms with E-state index in [-0.39, 0.29) is 5.92 Å². The first-order chi connectivity index (χ1) is 6.83. The predicted molar refractivity (Wildman–Crippen MR) is 57.2 cm³/mol. The van der Waals surface area contributed by atoms with Gasteiger partial charge >= 0.3 is 0 Å². The van der Waals surface area contributed by atoms with Gasteiger partial charge in [0, 0.05) is 11.5 Å². The summed E-state index contributed by atoms with van der Waals surface area (Å²) < 4.78 is 0. The van der Waals surface area contributed by atoms with Gasteiger partial charge in [-0.1, -0.05) is 36.4 Å². The molecule has 1 aliphatic carbocycles. The zero-order chi connectivity index (χ0) is 9.97. The summed E-state index contributed by atoms with van der Waals surface area (Å²) in [5.74, 6) is 1.12. The molecule has 1 aromatic carbocycles. The van der Waals surface area contributed by atoms with E-state index in [0.717, 1.165) is 18.4 Å². The van der Waals surface area contributed by atoms with Crippen molar-refractivity contribution in [1.29, 1.82) is 0 Å². The fourth-order valence-corrected chi connectivity index (χ4v) is 1.86. The van der Waals surface area contributed by atoms with Gasteiger partial charge in [-0.05, 0) is 18.8 Å². The van der Waals surface area contributed by atoms with Crippen LogP contribution in [0.1, 0.15) is 23.2 Å². The van der Waals surface area contributed by atoms with E-state index in [9.17, 15) is 4.79 Å². The molecule has 0 bridgehead atoms. The summed E-state index contributed by atoms with van der Waals surface area (Å²) in [4.78, 5) is 11.9. The molecule has 1 aliphatic rings. The quantitative estimate of drug-likeness (QED) is 0.521. The first-order valence-corrected chi connectivity index (χ1v) is 5.03. The fourth-order valence-electron chi connectivity index (χ4n) is 1.86. The van der Waals surface area contributed by atoms with Gasteiger partial charge < -0.3 is 0 Å². The van der Waals surface area contributed by atoms with E-state index in [1.165, 1.54) is 0 Å². The van der Waals surface area contributed by atoms with Crippen LogP contribution in [0.3, 0.4) is 0 Å². The van der Waals surface area contributed by atoms with Crippen LogP contribution in [0.15, 0.2) is 43.0 Å². The van der Waals surface area contributed by atoms with Crippen molar-refractivity contribution in [3.8, 4) is 0 Å². The monoisotopic (exact) mass is 186 g/mol. The summed E-state index contributed by atoms with van der Waals surface area (Å²) in [5, 5.41) is 0. The third-order valence-corrected chi connectivity index (χ3v) is 2.79. The molecule has 72 valence electrons. The molecular weight excluding hydrogens is 172 g/mol. The first-order valence-electron chi connectivity index (χ1n) is 5.03. The van der Waals surface area contributed by atoms with Crippen LogP contribution in [0.4, 0.5) is 0 Å². The molecule has 0 spiro atoms. The van der Waals surface area contributed by atoms with Gasteiger partial charge in [-0.15, -0.1) is 6.58 Å². The third-order valence-electron chi connectivity index (χ3n) is 2.79. The molecule has 1 nitrogen and oxygen atoms in total. The van der Waals surface area contributed by atoms with Gasteiger partial charge in [0.05, 0.1) is 0 Å². The van der Waals surface area contributed by atoms with E-state index in [0.29, 0.717) is 11.7 Å². The molecule has 0 unspecified atom stereocenters. The predicted octanol–water partition coefficient (Wildman–Crippen LogP) is 3.08. The summed E-state index contributed by atoms with van der Waals surface area (Å²) >= 11 is 0. The minimum absolute atomic E-state index is 0.260. The Balaban J connectivity index is 2.01. The number of carbonyl (C=O) groups is 1. The van der Waals surface area contributed by atoms with Crippen molar-refractivity contribution in [2.24, 2.45) is 11.8 Å². The van der Waals surface area contributed by atoms with Crippen LogP contribution in [-0.4, -0.2) is 5.78 Å². The number of benzene rings is 1. The van der Waals surface area contributed by atoms with Crippen molar-refractivity contribution in [3.05, 3.63) is 48.6 Å². The average Bonchev–Trinajstić information content (AvgIpc) is 2.98. The molecule has 1 heteroatoms. The number of allylic oxidation sites excluding steroid dienone is 1. The average molecular weight is 186 g/mol. The van der Waals surface area contributed by atoms with Crippen LogP contribution >= 0.6 is 0 Å². The fraction of sp³-hybridized carbons (Fsp3) is 0.308. The van der Waals surface area contributed by atoms with Gasteiger partial charge in [0.1, 0.15) is 0 Å². The normalized spacial score (nSPS) is 24.3. The van der Waals surface area contributed by atoms with Crippen LogP contribution in [0.25, 0.3) is 0 Å². The maximum absolute atomic E-state index is 11.9. The Hall–Kier alpha value is -1.37. The minimum atomic E-state index is 0.260. The van der Waals surface area contributed by atoms with E-state index in [2.05, 4.69) is 6.58 Å². The Kier molecular flexibility index (Phi) is 2.49. The number of Topliss-reactive ketones (excluding diaryl/α,β-unsaturated/α-hetero) is 1. The summed E-state index contributed by atoms with van der Waals surface area (Å²) in [6.45, 7) is 3.70. The highest BCUT2D eigenvalue weighted by atomic mass is 16.1. The van der Waals surface area contributed by atoms with Gasteiger partial charge in [0.25, 0.3) is 0 Å². The van der Waals surface area contributed by atoms with Gasteiger partial charge in [0.2, 0.25) is 0 Å². The number of ketones is 1. The summed E-state index contributed by atoms with van der Waals surface area (Å²) in [5.41, 5.74) is 0.851. The Morgan fingerprint density at radius 3 is 2.79 bits per heavy atom. The molecule has 0 amide bonds. The Morgan fingerprint density at radius 1 is 1.43 bits per heavy atom. The highest BCUT2D eigenvalue weighted by Gasteiger charge is 2.41. The summed E-state index contributed by atoms with van der Waals surface area (Å²) in [6.07, 6.45) is 3.92. The maximum atomic E-state index is 11.9. The van der Waals surface area contributed by atoms with Crippen molar-refractivity contribution in [3.63, 3.8) is 0 Å². The third kappa shape index (κ3) is 1.77. The Morgan fingerprint density at radius 2 is 2.14 bits per heavy atom. The first kappa shape index (κ1) is 9.20. The molecule has 0 aliphatic heterocycles. The van der Waals surface area contributed by atoms with E-state index >= 15 is 0 Å². The highest BCUT2D eigenvalue weighted by Crippen LogP contribution is 2.43. The molecule has 0 aromatic heterocycles. The lowest BCUT2D eigenvalue weighted by atomic mass is 10.1. The highest BCUT2D eigenvalue weighted by molar-refractivity contribution is 5.99. The van der Waals surface area contributed by atoms with Crippen LogP contribution in [0.2, 0.25) is 0 Å². The molecule has 2 atom stereocenters. The Labute approximate surface area is 84.5 Å². The SMILES string of the molecule is C=CC[C@H]1C[C@@H]1C(=O)c1ccccc1. The van der Waals surface area contributed by atoms with Gasteiger partial charge in [-0.3, -0.25) is 4.79 Å². The van der Waals surface area contributed by atoms with E-state index in [1.807, 2.05) is 36.4 Å². The van der Waals surface area contributed by atoms with Crippen molar-refractivity contribution in [2.45, 2.75) is 12.8 Å². The standard InChI is InChI=1S/C13H14O/c1-2-6-11-9-12(11)13(14)10-7-4-3-5-8-10/h2-5,7-8,11-12H,1,6,9H2/t11-,12-/m0/s1. The van der Waals surface area contributed by atoms with Crippen molar-refractivity contribution in [1.82, 2.24) is 0 Å². The largest absolute Gasteiger partial charge is 0.294 e. The second kappa shape index (κ2) is 3.79. The number of hydrogen-bond donors (Lipinski definition) is 0. The lowest BCUT2D eigenvalue weighted by molar-refractivity contribution is 0.0961. The Bertz CT molecular complexity index is 340. The molecule has 0 heterocycles. The van der Waals surface area contributed by atoms with Gasteiger partial charge in [-0.2, -0.15) is 0 Å². The topological polar surface area (TPSA) is 17.1 Å². The molecule has 1 aromatic rings. The molecule has 2 rings (SSSR count). The number of carbonyl (C=O) groups excluding carboxylic acids is 1. The molecule has 0 radical (unpaired) electrons. The molecule has 1 saturated carbocycles. The van der Waals surface area contributed by atoms with Crippen molar-refractivity contribution in [2.75, 3.05) is 0 Å². The van der Waals surface area contributed by atoms with Crippen LogP contribution in [0, 0.1) is 11.8 Å².